The van der Waals surface area contributed by atoms with E-state index < -0.39 is 5.97 Å². The maximum Gasteiger partial charge on any atom is 0.340 e. The second-order valence-corrected chi connectivity index (χ2v) is 2.23. The molecule has 0 amide bonds. The van der Waals surface area contributed by atoms with Crippen molar-refractivity contribution in [2.75, 3.05) is 12.8 Å². The minimum absolute atomic E-state index is 0. The summed E-state index contributed by atoms with van der Waals surface area (Å²) in [6.45, 7) is 0. The smallest absolute Gasteiger partial charge is 0.340 e. The predicted molar refractivity (Wildman–Crippen MR) is 51.1 cm³/mol. The summed E-state index contributed by atoms with van der Waals surface area (Å²) in [5.74, 6) is -0.665. The summed E-state index contributed by atoms with van der Waals surface area (Å²) in [5, 5.41) is 9.11. The number of hydrogen-bond donors (Lipinski definition) is 2. The highest BCUT2D eigenvalue weighted by Crippen LogP contribution is 2.23. The van der Waals surface area contributed by atoms with Crippen LogP contribution in [0.5, 0.6) is 5.75 Å². The van der Waals surface area contributed by atoms with Gasteiger partial charge in [0.2, 0.25) is 0 Å². The zero-order valence-electron chi connectivity index (χ0n) is 6.98. The molecule has 0 aliphatic carbocycles. The summed E-state index contributed by atoms with van der Waals surface area (Å²) in [6, 6.07) is 4.42. The number of phenolic OH excluding ortho intramolecular Hbond substituents is 1. The van der Waals surface area contributed by atoms with Crippen LogP contribution in [0.15, 0.2) is 18.2 Å². The number of carbonyl (C=O) groups excluding carboxylic acids is 1. The quantitative estimate of drug-likeness (QED) is 0.409. The van der Waals surface area contributed by atoms with E-state index in [2.05, 4.69) is 4.74 Å². The van der Waals surface area contributed by atoms with Crippen LogP contribution < -0.4 is 5.73 Å². The Morgan fingerprint density at radius 2 is 2.15 bits per heavy atom. The van der Waals surface area contributed by atoms with Crippen molar-refractivity contribution in [1.29, 1.82) is 0 Å². The van der Waals surface area contributed by atoms with Gasteiger partial charge in [-0.15, -0.1) is 12.4 Å². The number of rotatable bonds is 1. The number of para-hydroxylation sites is 1. The lowest BCUT2D eigenvalue weighted by molar-refractivity contribution is 0.0601. The van der Waals surface area contributed by atoms with Crippen molar-refractivity contribution in [1.82, 2.24) is 0 Å². The molecule has 13 heavy (non-hydrogen) atoms. The van der Waals surface area contributed by atoms with Gasteiger partial charge in [-0.3, -0.25) is 0 Å². The molecule has 3 N–H and O–H groups in total. The van der Waals surface area contributed by atoms with E-state index in [1.807, 2.05) is 0 Å². The lowest BCUT2D eigenvalue weighted by Crippen LogP contribution is -2.05. The number of hydrogen-bond acceptors (Lipinski definition) is 4. The topological polar surface area (TPSA) is 72.5 Å². The molecule has 0 heterocycles. The number of ether oxygens (including phenoxy) is 1. The van der Waals surface area contributed by atoms with Crippen LogP contribution in [0.2, 0.25) is 0 Å². The van der Waals surface area contributed by atoms with Crippen molar-refractivity contribution in [2.24, 2.45) is 0 Å². The number of esters is 1. The highest BCUT2D eigenvalue weighted by atomic mass is 35.5. The second-order valence-electron chi connectivity index (χ2n) is 2.23. The summed E-state index contributed by atoms with van der Waals surface area (Å²) >= 11 is 0. The fourth-order valence-corrected chi connectivity index (χ4v) is 0.841. The Hall–Kier alpha value is -1.42. The first-order valence-electron chi connectivity index (χ1n) is 3.32. The van der Waals surface area contributed by atoms with Crippen molar-refractivity contribution >= 4 is 24.1 Å². The van der Waals surface area contributed by atoms with Crippen LogP contribution in [-0.2, 0) is 4.74 Å². The zero-order valence-corrected chi connectivity index (χ0v) is 7.80. The number of halogens is 1. The van der Waals surface area contributed by atoms with Crippen LogP contribution in [0.3, 0.4) is 0 Å². The molecule has 0 spiro atoms. The summed E-state index contributed by atoms with van der Waals surface area (Å²) in [4.78, 5) is 11.0. The maximum atomic E-state index is 11.0. The van der Waals surface area contributed by atoms with E-state index in [0.29, 0.717) is 0 Å². The number of anilines is 1. The average Bonchev–Trinajstić information content (AvgIpc) is 2.08. The molecule has 0 saturated carbocycles. The zero-order chi connectivity index (χ0) is 9.14. The third-order valence-corrected chi connectivity index (χ3v) is 1.49. The molecule has 1 aromatic rings. The van der Waals surface area contributed by atoms with Crippen molar-refractivity contribution < 1.29 is 14.6 Å². The first-order chi connectivity index (χ1) is 5.66. The normalized spacial score (nSPS) is 8.69. The number of phenols is 1. The summed E-state index contributed by atoms with van der Waals surface area (Å²) in [6.07, 6.45) is 0. The third kappa shape index (κ3) is 2.26. The first kappa shape index (κ1) is 11.6. The van der Waals surface area contributed by atoms with Crippen LogP contribution in [0.4, 0.5) is 5.69 Å². The van der Waals surface area contributed by atoms with E-state index in [1.54, 1.807) is 0 Å². The largest absolute Gasteiger partial charge is 0.506 e. The molecule has 5 heteroatoms. The molecule has 0 unspecified atom stereocenters. The van der Waals surface area contributed by atoms with Crippen LogP contribution in [0.25, 0.3) is 0 Å². The molecule has 72 valence electrons. The van der Waals surface area contributed by atoms with Gasteiger partial charge in [0.25, 0.3) is 0 Å². The van der Waals surface area contributed by atoms with Crippen LogP contribution in [0.1, 0.15) is 10.4 Å². The molecule has 0 fully saturated rings. The van der Waals surface area contributed by atoms with Crippen molar-refractivity contribution in [3.63, 3.8) is 0 Å². The molecule has 4 nitrogen and oxygen atoms in total. The Kier molecular flexibility index (Phi) is 4.07. The molecular formula is C8H10ClNO3. The van der Waals surface area contributed by atoms with Crippen LogP contribution in [0, 0.1) is 0 Å². The number of nitrogens with two attached hydrogens (primary N) is 1. The molecule has 0 bridgehead atoms. The number of nitrogen functional groups attached to an aromatic ring is 1. The number of methoxy groups -OCH3 is 1. The van der Waals surface area contributed by atoms with Gasteiger partial charge >= 0.3 is 5.97 Å². The molecule has 0 radical (unpaired) electrons. The van der Waals surface area contributed by atoms with Crippen LogP contribution in [-0.4, -0.2) is 18.2 Å². The van der Waals surface area contributed by atoms with Crippen molar-refractivity contribution in [3.8, 4) is 5.75 Å². The molecule has 1 aromatic carbocycles. The Bertz CT molecular complexity index is 314. The van der Waals surface area contributed by atoms with Gasteiger partial charge in [0.1, 0.15) is 5.75 Å². The molecule has 1 rings (SSSR count). The third-order valence-electron chi connectivity index (χ3n) is 1.49. The highest BCUT2D eigenvalue weighted by molar-refractivity contribution is 5.96. The van der Waals surface area contributed by atoms with Gasteiger partial charge in [0, 0.05) is 0 Å². The number of carbonyl (C=O) groups is 1. The molecule has 0 aliphatic heterocycles. The van der Waals surface area contributed by atoms with E-state index in [4.69, 9.17) is 10.8 Å². The number of benzene rings is 1. The fraction of sp³-hybridized carbons (Fsp3) is 0.125. The first-order valence-corrected chi connectivity index (χ1v) is 3.32. The van der Waals surface area contributed by atoms with Gasteiger partial charge < -0.3 is 15.6 Å². The molecule has 0 saturated heterocycles. The van der Waals surface area contributed by atoms with Gasteiger partial charge in [-0.1, -0.05) is 6.07 Å². The summed E-state index contributed by atoms with van der Waals surface area (Å²) in [7, 11) is 1.26. The van der Waals surface area contributed by atoms with E-state index in [1.165, 1.54) is 25.3 Å². The van der Waals surface area contributed by atoms with Gasteiger partial charge in [0.05, 0.1) is 18.4 Å². The van der Waals surface area contributed by atoms with E-state index in [9.17, 15) is 4.79 Å². The van der Waals surface area contributed by atoms with Crippen LogP contribution >= 0.6 is 12.4 Å². The molecular weight excluding hydrogens is 194 g/mol. The molecule has 0 atom stereocenters. The van der Waals surface area contributed by atoms with Gasteiger partial charge in [-0.25, -0.2) is 4.79 Å². The standard InChI is InChI=1S/C8H9NO3.ClH/c1-12-8(11)5-3-2-4-6(10)7(5)9;/h2-4,10H,9H2,1H3;1H. The summed E-state index contributed by atoms with van der Waals surface area (Å²) in [5.41, 5.74) is 5.63. The Labute approximate surface area is 81.7 Å². The van der Waals surface area contributed by atoms with E-state index in [-0.39, 0.29) is 29.4 Å². The summed E-state index contributed by atoms with van der Waals surface area (Å²) < 4.78 is 4.44. The minimum Gasteiger partial charge on any atom is -0.506 e. The van der Waals surface area contributed by atoms with Gasteiger partial charge in [0.15, 0.2) is 0 Å². The monoisotopic (exact) mass is 203 g/mol. The van der Waals surface area contributed by atoms with Crippen molar-refractivity contribution in [2.45, 2.75) is 0 Å². The minimum atomic E-state index is -0.552. The van der Waals surface area contributed by atoms with Gasteiger partial charge in [-0.05, 0) is 12.1 Å². The van der Waals surface area contributed by atoms with E-state index in [0.717, 1.165) is 0 Å². The van der Waals surface area contributed by atoms with Gasteiger partial charge in [-0.2, -0.15) is 0 Å². The maximum absolute atomic E-state index is 11.0. The molecule has 0 aliphatic rings. The lowest BCUT2D eigenvalue weighted by atomic mass is 10.2. The Morgan fingerprint density at radius 1 is 1.54 bits per heavy atom. The highest BCUT2D eigenvalue weighted by Gasteiger charge is 2.11. The van der Waals surface area contributed by atoms with Crippen molar-refractivity contribution in [3.05, 3.63) is 23.8 Å². The van der Waals surface area contributed by atoms with E-state index >= 15 is 0 Å². The Morgan fingerprint density at radius 3 is 2.69 bits per heavy atom. The predicted octanol–water partition coefficient (Wildman–Crippen LogP) is 1.18. The number of aromatic hydroxyl groups is 1. The fourth-order valence-electron chi connectivity index (χ4n) is 0.841. The lowest BCUT2D eigenvalue weighted by Gasteiger charge is -2.03. The SMILES string of the molecule is COC(=O)c1cccc(O)c1N.Cl. The second kappa shape index (κ2) is 4.57. The molecule has 0 aromatic heterocycles. The Balaban J connectivity index is 0.00000144. The average molecular weight is 204 g/mol.